The summed E-state index contributed by atoms with van der Waals surface area (Å²) in [4.78, 5) is 40.3. The highest BCUT2D eigenvalue weighted by Gasteiger charge is 2.61. The predicted molar refractivity (Wildman–Crippen MR) is 79.4 cm³/mol. The molecule has 0 saturated carbocycles. The minimum absolute atomic E-state index is 1.23. The second-order valence-corrected chi connectivity index (χ2v) is 18.6. The topological polar surface area (TPSA) is 136 Å². The molecule has 1 aliphatic rings. The van der Waals surface area contributed by atoms with Gasteiger partial charge < -0.3 is 44.2 Å². The van der Waals surface area contributed by atoms with E-state index in [9.17, 15) is 19.2 Å². The molecule has 3 unspecified atom stereocenters. The lowest BCUT2D eigenvalue weighted by Crippen LogP contribution is -2.70. The first-order valence-electron chi connectivity index (χ1n) is 6.05. The minimum Gasteiger partial charge on any atom is -0.391 e. The first-order valence-corrected chi connectivity index (χ1v) is 17.3. The molecule has 4 N–H and O–H groups in total. The van der Waals surface area contributed by atoms with Crippen molar-refractivity contribution in [2.45, 2.75) is 32.7 Å². The van der Waals surface area contributed by atoms with Crippen LogP contribution in [0.15, 0.2) is 0 Å². The summed E-state index contributed by atoms with van der Waals surface area (Å²) in [6.45, 7) is 6.43. The smallest absolute Gasteiger partial charge is 0.391 e. The molecule has 0 bridgehead atoms. The fraction of sp³-hybridized carbons (Fsp3) is 1.00. The summed E-state index contributed by atoms with van der Waals surface area (Å²) >= 11 is 0. The molecule has 0 aliphatic carbocycles. The Balaban J connectivity index is 3.10. The van der Waals surface area contributed by atoms with E-state index in [0.717, 1.165) is 0 Å². The van der Waals surface area contributed by atoms with Gasteiger partial charge in [0.15, 0.2) is 0 Å². The van der Waals surface area contributed by atoms with Crippen molar-refractivity contribution in [3.63, 3.8) is 0 Å². The fourth-order valence-corrected chi connectivity index (χ4v) is 19.4. The van der Waals surface area contributed by atoms with Crippen molar-refractivity contribution in [3.8, 4) is 0 Å². The molecular weight excluding hydrogens is 372 g/mol. The van der Waals surface area contributed by atoms with Gasteiger partial charge in [-0.05, 0) is 0 Å². The van der Waals surface area contributed by atoms with Gasteiger partial charge in [0, 0.05) is 39.8 Å². The zero-order valence-electron chi connectivity index (χ0n) is 12.7. The summed E-state index contributed by atoms with van der Waals surface area (Å²) < 4.78 is 31.3. The molecule has 0 aromatic carbocycles. The third-order valence-electron chi connectivity index (χ3n) is 2.26. The zero-order valence-corrected chi connectivity index (χ0v) is 17.7. The van der Waals surface area contributed by atoms with E-state index in [1.165, 1.54) is 39.8 Å². The average Bonchev–Trinajstić information content (AvgIpc) is 2.06. The van der Waals surface area contributed by atoms with Crippen molar-refractivity contribution in [2.24, 2.45) is 0 Å². The highest BCUT2D eigenvalue weighted by Crippen LogP contribution is 2.29. The molecule has 15 heteroatoms. The summed E-state index contributed by atoms with van der Waals surface area (Å²) in [7, 11) is -17.6. The molecule has 1 saturated heterocycles. The second-order valence-electron chi connectivity index (χ2n) is 5.17. The average molecular weight is 395 g/mol. The van der Waals surface area contributed by atoms with Gasteiger partial charge in [0.1, 0.15) is 0 Å². The SMILES string of the molecule is CO[Si](C)(O)O[Si]1(C)O[Si](C)(O)O[Si](C)(O)O[Si](C)(O)O1. The first kappa shape index (κ1) is 19.7. The molecule has 1 aliphatic heterocycles. The molecule has 0 amide bonds. The van der Waals surface area contributed by atoms with Crippen molar-refractivity contribution in [1.29, 1.82) is 0 Å². The van der Waals surface area contributed by atoms with E-state index in [2.05, 4.69) is 0 Å². The van der Waals surface area contributed by atoms with Crippen LogP contribution in [0.4, 0.5) is 0 Å². The van der Waals surface area contributed by atoms with Gasteiger partial charge in [-0.1, -0.05) is 0 Å². The Bertz CT molecular complexity index is 364. The van der Waals surface area contributed by atoms with E-state index in [1.807, 2.05) is 0 Å². The van der Waals surface area contributed by atoms with E-state index >= 15 is 0 Å². The fourth-order valence-electron chi connectivity index (χ4n) is 1.90. The summed E-state index contributed by atoms with van der Waals surface area (Å²) in [6.07, 6.45) is 0. The molecule has 1 fully saturated rings. The minimum atomic E-state index is -3.85. The van der Waals surface area contributed by atoms with Crippen LogP contribution >= 0.6 is 0 Å². The van der Waals surface area contributed by atoms with E-state index < -0.39 is 44.0 Å². The molecule has 0 spiro atoms. The van der Waals surface area contributed by atoms with Crippen molar-refractivity contribution in [2.75, 3.05) is 7.11 Å². The van der Waals surface area contributed by atoms with Crippen molar-refractivity contribution < 1.29 is 44.2 Å². The third kappa shape index (κ3) is 6.36. The molecule has 21 heavy (non-hydrogen) atoms. The molecule has 3 atom stereocenters. The monoisotopic (exact) mass is 394 g/mol. The van der Waals surface area contributed by atoms with E-state index in [4.69, 9.17) is 25.0 Å². The van der Waals surface area contributed by atoms with Gasteiger partial charge in [-0.15, -0.1) is 0 Å². The van der Waals surface area contributed by atoms with E-state index in [1.54, 1.807) is 0 Å². The second kappa shape index (κ2) is 5.96. The van der Waals surface area contributed by atoms with Crippen molar-refractivity contribution in [3.05, 3.63) is 0 Å². The van der Waals surface area contributed by atoms with Crippen LogP contribution in [0.3, 0.4) is 0 Å². The maximum absolute atomic E-state index is 10.2. The van der Waals surface area contributed by atoms with Crippen LogP contribution < -0.4 is 0 Å². The molecule has 0 aromatic rings. The largest absolute Gasteiger partial charge is 0.487 e. The Morgan fingerprint density at radius 2 is 1.14 bits per heavy atom. The Labute approximate surface area is 128 Å². The molecule has 10 nitrogen and oxygen atoms in total. The van der Waals surface area contributed by atoms with Crippen LogP contribution in [0, 0.1) is 0 Å². The number of rotatable bonds is 3. The molecule has 1 heterocycles. The van der Waals surface area contributed by atoms with E-state index in [-0.39, 0.29) is 0 Å². The van der Waals surface area contributed by atoms with Gasteiger partial charge in [0.05, 0.1) is 0 Å². The number of hydrogen-bond donors (Lipinski definition) is 4. The lowest BCUT2D eigenvalue weighted by Gasteiger charge is -2.43. The Morgan fingerprint density at radius 1 is 0.810 bits per heavy atom. The molecule has 0 radical (unpaired) electrons. The van der Waals surface area contributed by atoms with Crippen LogP contribution in [0.25, 0.3) is 0 Å². The Morgan fingerprint density at radius 3 is 1.48 bits per heavy atom. The Kier molecular flexibility index (Phi) is 5.60. The highest BCUT2D eigenvalue weighted by atomic mass is 28.6. The highest BCUT2D eigenvalue weighted by molar-refractivity contribution is 6.88. The van der Waals surface area contributed by atoms with Crippen LogP contribution in [0.1, 0.15) is 0 Å². The standard InChI is InChI=1S/C6H22O10Si5/c1-11-17(2,7)14-21(6)15-19(4,9)12-18(3,8)13-20(5,10)16-21/h7-10H,1-6H3. The van der Waals surface area contributed by atoms with Crippen LogP contribution in [0.2, 0.25) is 32.7 Å². The summed E-state index contributed by atoms with van der Waals surface area (Å²) in [5, 5.41) is 0. The van der Waals surface area contributed by atoms with Crippen LogP contribution in [0.5, 0.6) is 0 Å². The molecule has 126 valence electrons. The van der Waals surface area contributed by atoms with E-state index in [0.29, 0.717) is 0 Å². The summed E-state index contributed by atoms with van der Waals surface area (Å²) in [5.41, 5.74) is 0. The van der Waals surface area contributed by atoms with Crippen molar-refractivity contribution in [1.82, 2.24) is 0 Å². The number of hydrogen-bond acceptors (Lipinski definition) is 10. The molecule has 0 aromatic heterocycles. The summed E-state index contributed by atoms with van der Waals surface area (Å²) in [6, 6.07) is 0. The van der Waals surface area contributed by atoms with Gasteiger partial charge >= 0.3 is 44.0 Å². The van der Waals surface area contributed by atoms with Gasteiger partial charge in [0.25, 0.3) is 0 Å². The van der Waals surface area contributed by atoms with Gasteiger partial charge in [-0.2, -0.15) is 0 Å². The van der Waals surface area contributed by atoms with Gasteiger partial charge in [-0.25, -0.2) is 0 Å². The maximum atomic E-state index is 10.2. The molecular formula is C6H22O10Si5. The lowest BCUT2D eigenvalue weighted by atomic mass is 11.8. The normalized spacial score (nSPS) is 48.3. The van der Waals surface area contributed by atoms with Crippen LogP contribution in [-0.4, -0.2) is 70.3 Å². The maximum Gasteiger partial charge on any atom is 0.487 e. The van der Waals surface area contributed by atoms with Gasteiger partial charge in [0.2, 0.25) is 0 Å². The Hall–Kier alpha value is 0.684. The summed E-state index contributed by atoms with van der Waals surface area (Å²) in [5.74, 6) is 0. The first-order chi connectivity index (χ1) is 9.10. The quantitative estimate of drug-likeness (QED) is 0.420. The van der Waals surface area contributed by atoms with Crippen molar-refractivity contribution >= 4 is 44.0 Å². The third-order valence-corrected chi connectivity index (χ3v) is 18.1. The molecule has 1 rings (SSSR count). The van der Waals surface area contributed by atoms with Crippen LogP contribution in [-0.2, 0) is 25.0 Å². The lowest BCUT2D eigenvalue weighted by molar-refractivity contribution is 0.0680. The van der Waals surface area contributed by atoms with Gasteiger partial charge in [-0.3, -0.25) is 0 Å². The zero-order chi connectivity index (χ0) is 16.7. The predicted octanol–water partition coefficient (Wildman–Crippen LogP) is -1.46.